The first-order valence-corrected chi connectivity index (χ1v) is 8.33. The lowest BCUT2D eigenvalue weighted by molar-refractivity contribution is 0.0723. The fourth-order valence-electron chi connectivity index (χ4n) is 3.07. The van der Waals surface area contributed by atoms with Gasteiger partial charge in [0.1, 0.15) is 10.8 Å². The van der Waals surface area contributed by atoms with E-state index < -0.39 is 0 Å². The Morgan fingerprint density at radius 2 is 2.04 bits per heavy atom. The van der Waals surface area contributed by atoms with E-state index in [9.17, 15) is 4.79 Å². The predicted octanol–water partition coefficient (Wildman–Crippen LogP) is 3.41. The van der Waals surface area contributed by atoms with Gasteiger partial charge in [0.25, 0.3) is 5.91 Å². The van der Waals surface area contributed by atoms with E-state index in [2.05, 4.69) is 15.2 Å². The molecule has 24 heavy (non-hydrogen) atoms. The van der Waals surface area contributed by atoms with Crippen LogP contribution in [-0.4, -0.2) is 36.9 Å². The van der Waals surface area contributed by atoms with E-state index in [1.807, 2.05) is 28.8 Å². The van der Waals surface area contributed by atoms with E-state index in [0.29, 0.717) is 11.6 Å². The van der Waals surface area contributed by atoms with Gasteiger partial charge in [-0.05, 0) is 37.1 Å². The van der Waals surface area contributed by atoms with Gasteiger partial charge in [-0.15, -0.1) is 10.2 Å². The van der Waals surface area contributed by atoms with E-state index in [0.717, 1.165) is 24.3 Å². The highest BCUT2D eigenvalue weighted by molar-refractivity contribution is 6.34. The first-order chi connectivity index (χ1) is 11.6. The molecule has 0 unspecified atom stereocenters. The van der Waals surface area contributed by atoms with Gasteiger partial charge in [-0.1, -0.05) is 29.3 Å². The molecule has 0 bridgehead atoms. The van der Waals surface area contributed by atoms with Crippen LogP contribution in [0.5, 0.6) is 0 Å². The molecule has 122 valence electrons. The second-order valence-corrected chi connectivity index (χ2v) is 6.40. The average molecular weight is 362 g/mol. The van der Waals surface area contributed by atoms with Crippen molar-refractivity contribution in [3.05, 3.63) is 58.2 Å². The Kier molecular flexibility index (Phi) is 3.86. The molecule has 1 saturated heterocycles. The molecule has 0 N–H and O–H groups in total. The summed E-state index contributed by atoms with van der Waals surface area (Å²) in [5, 5.41) is 8.99. The first-order valence-electron chi connectivity index (χ1n) is 7.58. The Bertz CT molecular complexity index is 926. The second-order valence-electron chi connectivity index (χ2n) is 5.61. The molecular formula is C16H13Cl2N5O. The number of halogens is 2. The lowest BCUT2D eigenvalue weighted by Crippen LogP contribution is -2.32. The highest BCUT2D eigenvalue weighted by Gasteiger charge is 2.35. The summed E-state index contributed by atoms with van der Waals surface area (Å²) in [6, 6.07) is 8.69. The molecule has 0 spiro atoms. The van der Waals surface area contributed by atoms with Crippen molar-refractivity contribution >= 4 is 34.8 Å². The second kappa shape index (κ2) is 6.03. The molecule has 1 amide bonds. The number of rotatable bonds is 2. The summed E-state index contributed by atoms with van der Waals surface area (Å²) in [6.07, 6.45) is 3.60. The van der Waals surface area contributed by atoms with Crippen molar-refractivity contribution in [2.75, 3.05) is 6.54 Å². The summed E-state index contributed by atoms with van der Waals surface area (Å²) in [4.78, 5) is 18.8. The molecule has 4 heterocycles. The van der Waals surface area contributed by atoms with Gasteiger partial charge >= 0.3 is 0 Å². The van der Waals surface area contributed by atoms with Crippen LogP contribution < -0.4 is 0 Å². The normalized spacial score (nSPS) is 17.6. The van der Waals surface area contributed by atoms with Crippen LogP contribution in [0.4, 0.5) is 0 Å². The molecule has 8 heteroatoms. The van der Waals surface area contributed by atoms with Gasteiger partial charge in [-0.25, -0.2) is 4.98 Å². The summed E-state index contributed by atoms with van der Waals surface area (Å²) >= 11 is 12.1. The third-order valence-corrected chi connectivity index (χ3v) is 4.68. The maximum Gasteiger partial charge on any atom is 0.274 e. The molecule has 1 aliphatic rings. The van der Waals surface area contributed by atoms with Gasteiger partial charge in [0.05, 0.1) is 11.1 Å². The van der Waals surface area contributed by atoms with E-state index in [-0.39, 0.29) is 22.8 Å². The quantitative estimate of drug-likeness (QED) is 0.656. The zero-order valence-corrected chi connectivity index (χ0v) is 14.1. The van der Waals surface area contributed by atoms with Crippen molar-refractivity contribution in [2.24, 2.45) is 0 Å². The van der Waals surface area contributed by atoms with Crippen LogP contribution in [-0.2, 0) is 0 Å². The minimum atomic E-state index is -0.238. The van der Waals surface area contributed by atoms with Crippen molar-refractivity contribution in [3.8, 4) is 0 Å². The van der Waals surface area contributed by atoms with Gasteiger partial charge in [0.2, 0.25) is 0 Å². The number of nitrogens with zero attached hydrogens (tertiary/aromatic N) is 5. The standard InChI is InChI=1S/C16H13Cl2N5O/c17-10-6-7-12(18)19-14(10)16(24)22-9-3-4-11(22)15-21-20-13-5-1-2-8-23(13)15/h1-2,5-8,11H,3-4,9H2/t11-/m1/s1. The van der Waals surface area contributed by atoms with Crippen LogP contribution in [0.2, 0.25) is 10.2 Å². The van der Waals surface area contributed by atoms with Crippen LogP contribution in [0, 0.1) is 0 Å². The van der Waals surface area contributed by atoms with E-state index in [1.165, 1.54) is 0 Å². The number of fused-ring (bicyclic) bond motifs is 1. The lowest BCUT2D eigenvalue weighted by Gasteiger charge is -2.23. The third-order valence-electron chi connectivity index (χ3n) is 4.17. The molecule has 0 radical (unpaired) electrons. The Hall–Kier alpha value is -2.18. The molecule has 0 aliphatic carbocycles. The van der Waals surface area contributed by atoms with Crippen LogP contribution in [0.1, 0.15) is 35.2 Å². The highest BCUT2D eigenvalue weighted by atomic mass is 35.5. The number of hydrogen-bond donors (Lipinski definition) is 0. The van der Waals surface area contributed by atoms with Crippen LogP contribution in [0.3, 0.4) is 0 Å². The monoisotopic (exact) mass is 361 g/mol. The van der Waals surface area contributed by atoms with Gasteiger partial charge in [0.15, 0.2) is 11.5 Å². The van der Waals surface area contributed by atoms with Crippen molar-refractivity contribution in [2.45, 2.75) is 18.9 Å². The Morgan fingerprint density at radius 3 is 2.92 bits per heavy atom. The molecule has 3 aromatic heterocycles. The van der Waals surface area contributed by atoms with Crippen LogP contribution in [0.25, 0.3) is 5.65 Å². The summed E-state index contributed by atoms with van der Waals surface area (Å²) in [7, 11) is 0. The van der Waals surface area contributed by atoms with Gasteiger partial charge in [-0.3, -0.25) is 9.20 Å². The number of aromatic nitrogens is 4. The Labute approximate surface area is 148 Å². The Morgan fingerprint density at radius 1 is 1.17 bits per heavy atom. The smallest absolute Gasteiger partial charge is 0.274 e. The number of amides is 1. The summed E-state index contributed by atoms with van der Waals surface area (Å²) < 4.78 is 1.91. The molecule has 1 fully saturated rings. The molecule has 4 rings (SSSR count). The van der Waals surface area contributed by atoms with E-state index in [4.69, 9.17) is 23.2 Å². The molecule has 6 nitrogen and oxygen atoms in total. The van der Waals surface area contributed by atoms with Crippen LogP contribution in [0.15, 0.2) is 36.5 Å². The zero-order valence-electron chi connectivity index (χ0n) is 12.6. The van der Waals surface area contributed by atoms with Crippen molar-refractivity contribution in [1.82, 2.24) is 24.5 Å². The SMILES string of the molecule is O=C(c1nc(Cl)ccc1Cl)N1CCC[C@@H]1c1nnc2ccccn12. The summed E-state index contributed by atoms with van der Waals surface area (Å²) in [6.45, 7) is 0.621. The molecule has 3 aromatic rings. The zero-order chi connectivity index (χ0) is 16.7. The largest absolute Gasteiger partial charge is 0.327 e. The fraction of sp³-hybridized carbons (Fsp3) is 0.250. The molecule has 0 saturated carbocycles. The maximum absolute atomic E-state index is 12.9. The first kappa shape index (κ1) is 15.4. The minimum absolute atomic E-state index is 0.160. The number of likely N-dealkylation sites (tertiary alicyclic amines) is 1. The van der Waals surface area contributed by atoms with Crippen molar-refractivity contribution in [1.29, 1.82) is 0 Å². The maximum atomic E-state index is 12.9. The van der Waals surface area contributed by atoms with Gasteiger partial charge in [0, 0.05) is 12.7 Å². The van der Waals surface area contributed by atoms with Gasteiger partial charge < -0.3 is 4.90 Å². The molecule has 0 aromatic carbocycles. The highest BCUT2D eigenvalue weighted by Crippen LogP contribution is 2.33. The molecule has 1 aliphatic heterocycles. The van der Waals surface area contributed by atoms with Crippen molar-refractivity contribution < 1.29 is 4.79 Å². The fourth-order valence-corrected chi connectivity index (χ4v) is 3.40. The van der Waals surface area contributed by atoms with Gasteiger partial charge in [-0.2, -0.15) is 0 Å². The predicted molar refractivity (Wildman–Crippen MR) is 90.3 cm³/mol. The van der Waals surface area contributed by atoms with Crippen molar-refractivity contribution in [3.63, 3.8) is 0 Å². The molecular weight excluding hydrogens is 349 g/mol. The lowest BCUT2D eigenvalue weighted by atomic mass is 10.2. The minimum Gasteiger partial charge on any atom is -0.327 e. The topological polar surface area (TPSA) is 63.4 Å². The third kappa shape index (κ3) is 2.52. The molecule has 1 atom stereocenters. The average Bonchev–Trinajstić information content (AvgIpc) is 3.22. The number of carbonyl (C=O) groups excluding carboxylic acids is 1. The number of pyridine rings is 2. The Balaban J connectivity index is 1.72. The number of hydrogen-bond acceptors (Lipinski definition) is 4. The van der Waals surface area contributed by atoms with E-state index in [1.54, 1.807) is 17.0 Å². The van der Waals surface area contributed by atoms with E-state index >= 15 is 0 Å². The summed E-state index contributed by atoms with van der Waals surface area (Å²) in [5.41, 5.74) is 0.926. The van der Waals surface area contributed by atoms with Crippen LogP contribution >= 0.6 is 23.2 Å². The summed E-state index contributed by atoms with van der Waals surface area (Å²) in [5.74, 6) is 0.507. The number of carbonyl (C=O) groups is 1.